The summed E-state index contributed by atoms with van der Waals surface area (Å²) in [6, 6.07) is 0. The third-order valence-corrected chi connectivity index (χ3v) is 4.60. The summed E-state index contributed by atoms with van der Waals surface area (Å²) in [7, 11) is 0. The number of nitrogens with zero attached hydrogens (tertiary/aromatic N) is 1. The number of thioether (sulfide) groups is 1. The lowest BCUT2D eigenvalue weighted by atomic mass is 9.94. The molecule has 0 aliphatic carbocycles. The van der Waals surface area contributed by atoms with Gasteiger partial charge in [0.1, 0.15) is 0 Å². The van der Waals surface area contributed by atoms with Crippen LogP contribution in [0.1, 0.15) is 32.6 Å². The number of hydrogen-bond donors (Lipinski definition) is 0. The van der Waals surface area contributed by atoms with Crippen molar-refractivity contribution >= 4 is 11.8 Å². The van der Waals surface area contributed by atoms with Crippen molar-refractivity contribution in [2.75, 3.05) is 25.4 Å². The second kappa shape index (κ2) is 3.59. The highest BCUT2D eigenvalue weighted by Crippen LogP contribution is 2.44. The molecule has 0 aromatic rings. The van der Waals surface area contributed by atoms with Crippen LogP contribution in [0.2, 0.25) is 0 Å². The molecule has 1 spiro atoms. The Hall–Kier alpha value is 0.310. The lowest BCUT2D eigenvalue weighted by molar-refractivity contribution is 0.123. The SMILES string of the molecule is CCCCN1CC2(CCCS2)C1. The maximum atomic E-state index is 2.63. The molecule has 2 heterocycles. The fourth-order valence-electron chi connectivity index (χ4n) is 2.31. The van der Waals surface area contributed by atoms with Gasteiger partial charge in [-0.25, -0.2) is 0 Å². The molecule has 0 aromatic heterocycles. The molecule has 0 radical (unpaired) electrons. The van der Waals surface area contributed by atoms with E-state index in [-0.39, 0.29) is 0 Å². The van der Waals surface area contributed by atoms with Crippen LogP contribution in [-0.4, -0.2) is 35.0 Å². The summed E-state index contributed by atoms with van der Waals surface area (Å²) in [6.45, 7) is 6.40. The lowest BCUT2D eigenvalue weighted by Crippen LogP contribution is -2.58. The van der Waals surface area contributed by atoms with Crippen LogP contribution >= 0.6 is 11.8 Å². The summed E-state index contributed by atoms with van der Waals surface area (Å²) < 4.78 is 0.730. The molecule has 0 amide bonds. The molecule has 2 aliphatic heterocycles. The Balaban J connectivity index is 1.68. The fourth-order valence-corrected chi connectivity index (χ4v) is 3.87. The monoisotopic (exact) mass is 185 g/mol. The Morgan fingerprint density at radius 3 is 2.83 bits per heavy atom. The van der Waals surface area contributed by atoms with Gasteiger partial charge < -0.3 is 4.90 Å². The Morgan fingerprint density at radius 1 is 1.42 bits per heavy atom. The molecule has 0 atom stereocenters. The minimum Gasteiger partial charge on any atom is -0.300 e. The molecule has 2 fully saturated rings. The number of hydrogen-bond acceptors (Lipinski definition) is 2. The minimum absolute atomic E-state index is 0.730. The molecule has 0 unspecified atom stereocenters. The molecule has 70 valence electrons. The predicted octanol–water partition coefficient (Wildman–Crippen LogP) is 2.37. The van der Waals surface area contributed by atoms with Crippen LogP contribution in [0.5, 0.6) is 0 Å². The first-order chi connectivity index (χ1) is 5.85. The third kappa shape index (κ3) is 1.64. The normalized spacial score (nSPS) is 27.8. The first kappa shape index (κ1) is 8.89. The Kier molecular flexibility index (Phi) is 2.66. The second-order valence-electron chi connectivity index (χ2n) is 4.20. The molecule has 0 aromatic carbocycles. The van der Waals surface area contributed by atoms with Crippen LogP contribution in [-0.2, 0) is 0 Å². The van der Waals surface area contributed by atoms with Crippen LogP contribution in [0.25, 0.3) is 0 Å². The van der Waals surface area contributed by atoms with E-state index in [2.05, 4.69) is 23.6 Å². The van der Waals surface area contributed by atoms with Crippen molar-refractivity contribution in [3.05, 3.63) is 0 Å². The van der Waals surface area contributed by atoms with Gasteiger partial charge in [-0.3, -0.25) is 0 Å². The van der Waals surface area contributed by atoms with Crippen LogP contribution in [0, 0.1) is 0 Å². The van der Waals surface area contributed by atoms with E-state index in [4.69, 9.17) is 0 Å². The van der Waals surface area contributed by atoms with Gasteiger partial charge in [-0.1, -0.05) is 13.3 Å². The Morgan fingerprint density at radius 2 is 2.25 bits per heavy atom. The molecule has 2 heteroatoms. The van der Waals surface area contributed by atoms with Crippen molar-refractivity contribution in [1.82, 2.24) is 4.90 Å². The topological polar surface area (TPSA) is 3.24 Å². The summed E-state index contributed by atoms with van der Waals surface area (Å²) in [5.41, 5.74) is 0. The molecule has 2 rings (SSSR count). The first-order valence-corrected chi connectivity index (χ1v) is 6.19. The zero-order chi connectivity index (χ0) is 8.44. The van der Waals surface area contributed by atoms with Gasteiger partial charge in [-0.05, 0) is 31.6 Å². The average molecular weight is 185 g/mol. The summed E-state index contributed by atoms with van der Waals surface area (Å²) in [5, 5.41) is 0. The number of rotatable bonds is 3. The highest BCUT2D eigenvalue weighted by Gasteiger charge is 2.44. The van der Waals surface area contributed by atoms with Crippen molar-refractivity contribution in [3.8, 4) is 0 Å². The third-order valence-electron chi connectivity index (χ3n) is 3.04. The van der Waals surface area contributed by atoms with Crippen molar-refractivity contribution in [2.45, 2.75) is 37.4 Å². The molecule has 2 aliphatic rings. The maximum absolute atomic E-state index is 2.63. The molecule has 1 nitrogen and oxygen atoms in total. The van der Waals surface area contributed by atoms with Crippen molar-refractivity contribution in [3.63, 3.8) is 0 Å². The molecule has 12 heavy (non-hydrogen) atoms. The standard InChI is InChI=1S/C10H19NS/c1-2-3-6-11-8-10(9-11)5-4-7-12-10/h2-9H2,1H3. The van der Waals surface area contributed by atoms with Gasteiger partial charge in [-0.2, -0.15) is 11.8 Å². The number of likely N-dealkylation sites (tertiary alicyclic amines) is 1. The van der Waals surface area contributed by atoms with E-state index in [1.165, 1.54) is 51.1 Å². The van der Waals surface area contributed by atoms with E-state index in [0.29, 0.717) is 0 Å². The van der Waals surface area contributed by atoms with Gasteiger partial charge in [-0.15, -0.1) is 0 Å². The second-order valence-corrected chi connectivity index (χ2v) is 5.76. The predicted molar refractivity (Wildman–Crippen MR) is 55.8 cm³/mol. The minimum atomic E-state index is 0.730. The molecule has 0 N–H and O–H groups in total. The molecular weight excluding hydrogens is 166 g/mol. The van der Waals surface area contributed by atoms with Crippen molar-refractivity contribution < 1.29 is 0 Å². The Bertz CT molecular complexity index is 144. The lowest BCUT2D eigenvalue weighted by Gasteiger charge is -2.47. The quantitative estimate of drug-likeness (QED) is 0.664. The molecule has 2 saturated heterocycles. The average Bonchev–Trinajstić information content (AvgIpc) is 2.46. The van der Waals surface area contributed by atoms with Gasteiger partial charge in [0.25, 0.3) is 0 Å². The van der Waals surface area contributed by atoms with Gasteiger partial charge in [0.2, 0.25) is 0 Å². The summed E-state index contributed by atoms with van der Waals surface area (Å²) in [6.07, 6.45) is 5.68. The summed E-state index contributed by atoms with van der Waals surface area (Å²) >= 11 is 2.23. The molecular formula is C10H19NS. The highest BCUT2D eigenvalue weighted by molar-refractivity contribution is 8.01. The van der Waals surface area contributed by atoms with Gasteiger partial charge in [0.05, 0.1) is 0 Å². The van der Waals surface area contributed by atoms with Crippen LogP contribution < -0.4 is 0 Å². The number of unbranched alkanes of at least 4 members (excludes halogenated alkanes) is 1. The zero-order valence-electron chi connectivity index (χ0n) is 8.01. The zero-order valence-corrected chi connectivity index (χ0v) is 8.83. The van der Waals surface area contributed by atoms with E-state index in [0.717, 1.165) is 4.75 Å². The summed E-state index contributed by atoms with van der Waals surface area (Å²) in [4.78, 5) is 2.63. The van der Waals surface area contributed by atoms with Crippen LogP contribution in [0.4, 0.5) is 0 Å². The van der Waals surface area contributed by atoms with Gasteiger partial charge in [0.15, 0.2) is 0 Å². The van der Waals surface area contributed by atoms with E-state index in [1.807, 2.05) is 0 Å². The van der Waals surface area contributed by atoms with Gasteiger partial charge in [0, 0.05) is 17.8 Å². The van der Waals surface area contributed by atoms with Gasteiger partial charge >= 0.3 is 0 Å². The molecule has 0 bridgehead atoms. The maximum Gasteiger partial charge on any atom is 0.0414 e. The van der Waals surface area contributed by atoms with E-state index in [9.17, 15) is 0 Å². The van der Waals surface area contributed by atoms with Crippen LogP contribution in [0.15, 0.2) is 0 Å². The molecule has 0 saturated carbocycles. The summed E-state index contributed by atoms with van der Waals surface area (Å²) in [5.74, 6) is 1.42. The van der Waals surface area contributed by atoms with Crippen molar-refractivity contribution in [2.24, 2.45) is 0 Å². The first-order valence-electron chi connectivity index (χ1n) is 5.21. The smallest absolute Gasteiger partial charge is 0.0414 e. The van der Waals surface area contributed by atoms with E-state index < -0.39 is 0 Å². The van der Waals surface area contributed by atoms with E-state index >= 15 is 0 Å². The largest absolute Gasteiger partial charge is 0.300 e. The Labute approximate surface area is 79.9 Å². The van der Waals surface area contributed by atoms with Crippen molar-refractivity contribution in [1.29, 1.82) is 0 Å². The van der Waals surface area contributed by atoms with E-state index in [1.54, 1.807) is 0 Å². The fraction of sp³-hybridized carbons (Fsp3) is 1.00. The highest BCUT2D eigenvalue weighted by atomic mass is 32.2. The van der Waals surface area contributed by atoms with Crippen LogP contribution in [0.3, 0.4) is 0 Å².